The number of fused-ring (bicyclic) bond motifs is 1. The number of nitrogens with one attached hydrogen (secondary N) is 3. The molecule has 13 nitrogen and oxygen atoms in total. The van der Waals surface area contributed by atoms with Gasteiger partial charge in [-0.25, -0.2) is 9.78 Å². The Balaban J connectivity index is 0.967. The Morgan fingerprint density at radius 1 is 1.06 bits per heavy atom. The highest BCUT2D eigenvalue weighted by Gasteiger charge is 2.24. The Labute approximate surface area is 299 Å². The maximum Gasteiger partial charge on any atom is 0.348 e. The number of amides is 1. The molecule has 0 saturated carbocycles. The molecule has 1 aliphatic rings. The number of anilines is 3. The van der Waals surface area contributed by atoms with Gasteiger partial charge in [-0.2, -0.15) is 14.9 Å². The molecule has 6 rings (SSSR count). The quantitative estimate of drug-likeness (QED) is 0.123. The predicted molar refractivity (Wildman–Crippen MR) is 202 cm³/mol. The van der Waals surface area contributed by atoms with Crippen molar-refractivity contribution in [2.24, 2.45) is 5.92 Å². The number of nitrogen functional groups attached to an aromatic ring is 1. The Kier molecular flexibility index (Phi) is 10.4. The largest absolute Gasteiger partial charge is 0.492 e. The number of rotatable bonds is 11. The van der Waals surface area contributed by atoms with Crippen molar-refractivity contribution in [3.8, 4) is 11.4 Å². The summed E-state index contributed by atoms with van der Waals surface area (Å²) in [5, 5.41) is 18.3. The smallest absolute Gasteiger partial charge is 0.348 e. The molecule has 0 spiro atoms. The van der Waals surface area contributed by atoms with E-state index in [-0.39, 0.29) is 16.9 Å². The summed E-state index contributed by atoms with van der Waals surface area (Å²) >= 11 is 0. The van der Waals surface area contributed by atoms with Crippen molar-refractivity contribution in [3.05, 3.63) is 72.3 Å². The molecular formula is C38H52N10O3. The van der Waals surface area contributed by atoms with E-state index >= 15 is 0 Å². The first-order valence-electron chi connectivity index (χ1n) is 17.7. The van der Waals surface area contributed by atoms with Gasteiger partial charge in [0.25, 0.3) is 0 Å². The zero-order chi connectivity index (χ0) is 36.3. The minimum atomic E-state index is -0.413. The highest BCUT2D eigenvalue weighted by molar-refractivity contribution is 5.92. The van der Waals surface area contributed by atoms with Crippen LogP contribution in [-0.2, 0) is 15.6 Å². The van der Waals surface area contributed by atoms with Crippen molar-refractivity contribution in [2.75, 3.05) is 55.8 Å². The van der Waals surface area contributed by atoms with Crippen molar-refractivity contribution in [3.63, 3.8) is 0 Å². The molecule has 13 heteroatoms. The van der Waals surface area contributed by atoms with Crippen LogP contribution in [0.15, 0.2) is 60.9 Å². The molecule has 0 bridgehead atoms. The third kappa shape index (κ3) is 8.89. The van der Waals surface area contributed by atoms with Crippen molar-refractivity contribution < 1.29 is 14.3 Å². The van der Waals surface area contributed by atoms with Crippen molar-refractivity contribution in [2.45, 2.75) is 71.8 Å². The molecule has 2 aromatic carbocycles. The van der Waals surface area contributed by atoms with Crippen LogP contribution in [0.25, 0.3) is 16.7 Å². The van der Waals surface area contributed by atoms with Crippen LogP contribution in [0, 0.1) is 5.92 Å². The Morgan fingerprint density at radius 3 is 2.53 bits per heavy atom. The fourth-order valence-corrected chi connectivity index (χ4v) is 6.13. The van der Waals surface area contributed by atoms with Crippen LogP contribution in [0.3, 0.4) is 0 Å². The number of carbonyl (C=O) groups is 1. The average Bonchev–Trinajstić information content (AvgIpc) is 3.83. The lowest BCUT2D eigenvalue weighted by Crippen LogP contribution is -2.44. The van der Waals surface area contributed by atoms with Gasteiger partial charge in [-0.15, -0.1) is 0 Å². The van der Waals surface area contributed by atoms with Gasteiger partial charge in [-0.05, 0) is 48.7 Å². The second kappa shape index (κ2) is 14.8. The number of H-pyrrole nitrogens is 1. The molecule has 0 radical (unpaired) electrons. The van der Waals surface area contributed by atoms with E-state index in [9.17, 15) is 4.79 Å². The number of carbonyl (C=O) groups excluding carboxylic acids is 1. The van der Waals surface area contributed by atoms with Crippen LogP contribution in [-0.4, -0.2) is 86.0 Å². The molecule has 1 fully saturated rings. The first kappa shape index (κ1) is 35.9. The predicted octanol–water partition coefficient (Wildman–Crippen LogP) is 6.42. The molecule has 5 N–H and O–H groups in total. The average molecular weight is 697 g/mol. The number of imidazole rings is 1. The second-order valence-corrected chi connectivity index (χ2v) is 15.6. The fourth-order valence-electron chi connectivity index (χ4n) is 6.13. The number of nitrogens with zero attached hydrogens (tertiary/aromatic N) is 6. The summed E-state index contributed by atoms with van der Waals surface area (Å²) in [5.74, 6) is 2.50. The summed E-state index contributed by atoms with van der Waals surface area (Å²) in [7, 11) is 0. The lowest BCUT2D eigenvalue weighted by atomic mass is 9.92. The molecular weight excluding hydrogens is 644 g/mol. The summed E-state index contributed by atoms with van der Waals surface area (Å²) in [4.78, 5) is 19.9. The molecule has 0 aliphatic carbocycles. The van der Waals surface area contributed by atoms with Crippen LogP contribution >= 0.6 is 0 Å². The van der Waals surface area contributed by atoms with Crippen LogP contribution in [0.1, 0.15) is 66.3 Å². The summed E-state index contributed by atoms with van der Waals surface area (Å²) in [6.07, 6.45) is 2.98. The van der Waals surface area contributed by atoms with Crippen LogP contribution < -0.4 is 21.1 Å². The van der Waals surface area contributed by atoms with Gasteiger partial charge in [0.2, 0.25) is 0 Å². The van der Waals surface area contributed by atoms with Gasteiger partial charge in [-0.1, -0.05) is 48.5 Å². The van der Waals surface area contributed by atoms with Gasteiger partial charge in [0.05, 0.1) is 35.1 Å². The number of hydrogen-bond acceptors (Lipinski definition) is 9. The van der Waals surface area contributed by atoms with Crippen molar-refractivity contribution >= 4 is 34.4 Å². The number of morpholine rings is 1. The fraction of sp³-hybridized carbons (Fsp3) is 0.474. The minimum absolute atomic E-state index is 0.0226. The molecule has 5 aromatic rings. The van der Waals surface area contributed by atoms with E-state index in [4.69, 9.17) is 15.2 Å². The number of nitrogens with two attached hydrogens (primary N) is 1. The van der Waals surface area contributed by atoms with Gasteiger partial charge in [0.1, 0.15) is 30.3 Å². The standard InChI is InChI=1S/C38H52N10O3/c1-25(22-40-35-21-32(43-44-35)37(2,3)4)18-29-23-46(15-17-51-29)14-16-50-28-12-13-31-30(19-28)41-24-47(31)27-10-8-26(9-11-27)42-36(49)48-34(39)20-33(45-48)38(5,6)7/h8-13,19-21,24-25,29H,14-18,22-23,39H2,1-7H3,(H,42,49)(H2,40,43,44). The maximum absolute atomic E-state index is 12.9. The Bertz CT molecular complexity index is 1930. The summed E-state index contributed by atoms with van der Waals surface area (Å²) in [5.41, 5.74) is 11.0. The first-order valence-corrected chi connectivity index (χ1v) is 17.7. The Hall–Kier alpha value is -4.88. The van der Waals surface area contributed by atoms with E-state index in [1.807, 2.05) is 67.8 Å². The van der Waals surface area contributed by atoms with E-state index in [0.717, 1.165) is 78.9 Å². The second-order valence-electron chi connectivity index (χ2n) is 15.6. The molecule has 51 heavy (non-hydrogen) atoms. The molecule has 3 aromatic heterocycles. The summed E-state index contributed by atoms with van der Waals surface area (Å²) < 4.78 is 15.5. The zero-order valence-corrected chi connectivity index (χ0v) is 30.9. The molecule has 2 atom stereocenters. The SMILES string of the molecule is CC(CNc1cc(C(C)(C)C)n[nH]1)CC1CN(CCOc2ccc3c(c2)ncn3-c2ccc(NC(=O)n3nc(C(C)(C)C)cc3N)cc2)CCO1. The monoisotopic (exact) mass is 696 g/mol. The Morgan fingerprint density at radius 2 is 1.82 bits per heavy atom. The third-order valence-corrected chi connectivity index (χ3v) is 9.16. The first-order chi connectivity index (χ1) is 24.2. The highest BCUT2D eigenvalue weighted by Crippen LogP contribution is 2.26. The molecule has 1 saturated heterocycles. The summed E-state index contributed by atoms with van der Waals surface area (Å²) in [6, 6.07) is 17.0. The van der Waals surface area contributed by atoms with Gasteiger partial charge in [0, 0.05) is 66.6 Å². The normalized spacial score (nSPS) is 16.3. The van der Waals surface area contributed by atoms with Gasteiger partial charge in [0.15, 0.2) is 0 Å². The molecule has 2 unspecified atom stereocenters. The van der Waals surface area contributed by atoms with Crippen LogP contribution in [0.2, 0.25) is 0 Å². The molecule has 1 amide bonds. The minimum Gasteiger partial charge on any atom is -0.492 e. The lowest BCUT2D eigenvalue weighted by Gasteiger charge is -2.34. The molecule has 1 aliphatic heterocycles. The van der Waals surface area contributed by atoms with E-state index in [1.54, 1.807) is 12.4 Å². The van der Waals surface area contributed by atoms with Crippen LogP contribution in [0.5, 0.6) is 5.75 Å². The number of hydrogen-bond donors (Lipinski definition) is 4. The van der Waals surface area contributed by atoms with Crippen LogP contribution in [0.4, 0.5) is 22.1 Å². The van der Waals surface area contributed by atoms with Crippen molar-refractivity contribution in [1.82, 2.24) is 34.4 Å². The van der Waals surface area contributed by atoms with Crippen molar-refractivity contribution in [1.29, 1.82) is 0 Å². The number of aromatic nitrogens is 6. The number of benzene rings is 2. The van der Waals surface area contributed by atoms with E-state index < -0.39 is 6.03 Å². The number of ether oxygens (including phenoxy) is 2. The van der Waals surface area contributed by atoms with Gasteiger partial charge < -0.3 is 25.8 Å². The van der Waals surface area contributed by atoms with E-state index in [2.05, 4.69) is 69.6 Å². The van der Waals surface area contributed by atoms with Gasteiger partial charge >= 0.3 is 6.03 Å². The maximum atomic E-state index is 12.9. The van der Waals surface area contributed by atoms with Gasteiger partial charge in [-0.3, -0.25) is 14.6 Å². The zero-order valence-electron chi connectivity index (χ0n) is 30.9. The third-order valence-electron chi connectivity index (χ3n) is 9.16. The summed E-state index contributed by atoms with van der Waals surface area (Å²) in [6.45, 7) is 19.6. The lowest BCUT2D eigenvalue weighted by molar-refractivity contribution is -0.0401. The molecule has 272 valence electrons. The number of aromatic amines is 1. The van der Waals surface area contributed by atoms with E-state index in [1.165, 1.54) is 4.68 Å². The molecule has 4 heterocycles. The topological polar surface area (TPSA) is 153 Å². The van der Waals surface area contributed by atoms with E-state index in [0.29, 0.717) is 24.0 Å². The highest BCUT2D eigenvalue weighted by atomic mass is 16.5.